The third kappa shape index (κ3) is 6.80. The van der Waals surface area contributed by atoms with Crippen molar-refractivity contribution in [3.8, 4) is 22.3 Å². The van der Waals surface area contributed by atoms with Gasteiger partial charge in [0.2, 0.25) is 0 Å². The van der Waals surface area contributed by atoms with E-state index in [2.05, 4.69) is 254 Å². The Morgan fingerprint density at radius 1 is 0.329 bits per heavy atom. The molecule has 3 nitrogen and oxygen atoms in total. The van der Waals surface area contributed by atoms with Gasteiger partial charge in [0.05, 0.1) is 5.54 Å². The Morgan fingerprint density at radius 2 is 0.855 bits per heavy atom. The molecule has 8 aromatic rings. The van der Waals surface area contributed by atoms with Crippen molar-refractivity contribution in [2.45, 2.75) is 153 Å². The van der Waals surface area contributed by atoms with E-state index in [0.29, 0.717) is 0 Å². The van der Waals surface area contributed by atoms with Crippen molar-refractivity contribution in [2.75, 3.05) is 14.7 Å². The summed E-state index contributed by atoms with van der Waals surface area (Å²) in [5, 5.41) is 0. The molecule has 2 unspecified atom stereocenters. The van der Waals surface area contributed by atoms with Gasteiger partial charge in [-0.1, -0.05) is 190 Å². The van der Waals surface area contributed by atoms with Gasteiger partial charge in [-0.05, 0) is 188 Å². The van der Waals surface area contributed by atoms with E-state index in [9.17, 15) is 0 Å². The summed E-state index contributed by atoms with van der Waals surface area (Å²) in [5.74, 6) is 0. The number of hydrogen-bond acceptors (Lipinski definition) is 3. The van der Waals surface area contributed by atoms with Crippen LogP contribution in [0.15, 0.2) is 170 Å². The molecule has 0 bridgehead atoms. The van der Waals surface area contributed by atoms with Crippen LogP contribution in [0.4, 0.5) is 45.5 Å². The highest BCUT2D eigenvalue weighted by molar-refractivity contribution is 7.00. The number of benzene rings is 8. The molecule has 2 atom stereocenters. The van der Waals surface area contributed by atoms with Gasteiger partial charge >= 0.3 is 0 Å². The Morgan fingerprint density at radius 3 is 1.51 bits per heavy atom. The van der Waals surface area contributed by atoms with E-state index < -0.39 is 0 Å². The van der Waals surface area contributed by atoms with Crippen LogP contribution >= 0.6 is 0 Å². The molecular weight excluding hydrogens is 918 g/mol. The first-order valence-corrected chi connectivity index (χ1v) is 28.8. The van der Waals surface area contributed by atoms with Crippen molar-refractivity contribution in [3.05, 3.63) is 198 Å². The summed E-state index contributed by atoms with van der Waals surface area (Å²) in [7, 11) is 0. The Balaban J connectivity index is 1.13. The van der Waals surface area contributed by atoms with E-state index in [1.54, 1.807) is 0 Å². The first-order valence-electron chi connectivity index (χ1n) is 28.8. The normalized spacial score (nSPS) is 22.6. The van der Waals surface area contributed by atoms with Crippen molar-refractivity contribution in [1.29, 1.82) is 0 Å². The van der Waals surface area contributed by atoms with Crippen LogP contribution < -0.4 is 31.1 Å². The van der Waals surface area contributed by atoms with E-state index in [-0.39, 0.29) is 39.3 Å². The second kappa shape index (κ2) is 16.4. The molecular formula is C72H74BN3. The molecule has 0 aromatic heterocycles. The Hall–Kier alpha value is -6.78. The molecule has 3 aliphatic heterocycles. The number of hydrogen-bond donors (Lipinski definition) is 0. The average Bonchev–Trinajstić information content (AvgIpc) is 3.84. The van der Waals surface area contributed by atoms with Crippen LogP contribution in [0, 0.1) is 0 Å². The minimum absolute atomic E-state index is 0.000977. The highest BCUT2D eigenvalue weighted by Gasteiger charge is 2.58. The molecule has 0 amide bonds. The van der Waals surface area contributed by atoms with Gasteiger partial charge in [0.25, 0.3) is 6.71 Å². The lowest BCUT2D eigenvalue weighted by Gasteiger charge is -2.51. The standard InChI is InChI=1S/C72H74BN3/c1-67(2)36-37-68(3,4)56-42-52(31-32-54(56)67)75-63-46-58-57(69(5,6)38-39-70(58,7)8)45-60(63)73-59-33-30-50(48-24-15-12-16-25-48)41-62(59)74(51-27-21-26-49(40-51)47-22-13-11-14-23-47)64-43-53(44-65(75)66(64)73)76-61-29-18-17-28-55(61)71(9)34-19-20-35-72(71,76)10/h11-18,21-33,40-46H,19-20,34-39H2,1-10H3. The average molecular weight is 992 g/mol. The number of fused-ring (bicyclic) bond motifs is 9. The quantitative estimate of drug-likeness (QED) is 0.159. The fraction of sp³-hybridized carbons (Fsp3) is 0.333. The van der Waals surface area contributed by atoms with Crippen LogP contribution in [0.25, 0.3) is 22.3 Å². The van der Waals surface area contributed by atoms with E-state index in [4.69, 9.17) is 0 Å². The molecule has 4 heteroatoms. The second-order valence-electron chi connectivity index (χ2n) is 26.9. The Labute approximate surface area is 454 Å². The molecule has 1 fully saturated rings. The predicted molar refractivity (Wildman–Crippen MR) is 325 cm³/mol. The van der Waals surface area contributed by atoms with Crippen molar-refractivity contribution in [2.24, 2.45) is 0 Å². The zero-order valence-corrected chi connectivity index (χ0v) is 46.7. The van der Waals surface area contributed by atoms with Crippen LogP contribution in [0.2, 0.25) is 0 Å². The van der Waals surface area contributed by atoms with Crippen LogP contribution in [-0.2, 0) is 27.1 Å². The smallest absolute Gasteiger partial charge is 0.252 e. The maximum Gasteiger partial charge on any atom is 0.252 e. The molecule has 380 valence electrons. The van der Waals surface area contributed by atoms with E-state index in [0.717, 1.165) is 12.8 Å². The van der Waals surface area contributed by atoms with Crippen molar-refractivity contribution in [1.82, 2.24) is 0 Å². The lowest BCUT2D eigenvalue weighted by molar-refractivity contribution is 0.195. The number of anilines is 8. The third-order valence-electron chi connectivity index (χ3n) is 20.7. The topological polar surface area (TPSA) is 9.72 Å². The summed E-state index contributed by atoms with van der Waals surface area (Å²) in [6, 6.07) is 66.6. The van der Waals surface area contributed by atoms with Gasteiger partial charge in [0, 0.05) is 50.9 Å². The number of nitrogens with zero attached hydrogens (tertiary/aromatic N) is 3. The molecule has 0 spiro atoms. The summed E-state index contributed by atoms with van der Waals surface area (Å²) < 4.78 is 0. The molecule has 8 aromatic carbocycles. The molecule has 3 heterocycles. The summed E-state index contributed by atoms with van der Waals surface area (Å²) in [4.78, 5) is 8.26. The molecule has 0 radical (unpaired) electrons. The number of rotatable bonds is 5. The van der Waals surface area contributed by atoms with E-state index in [1.165, 1.54) is 150 Å². The van der Waals surface area contributed by atoms with E-state index >= 15 is 0 Å². The second-order valence-corrected chi connectivity index (χ2v) is 26.9. The zero-order chi connectivity index (χ0) is 52.3. The summed E-state index contributed by atoms with van der Waals surface area (Å²) >= 11 is 0. The van der Waals surface area contributed by atoms with Gasteiger partial charge in [-0.15, -0.1) is 0 Å². The van der Waals surface area contributed by atoms with Crippen molar-refractivity contribution in [3.63, 3.8) is 0 Å². The van der Waals surface area contributed by atoms with Gasteiger partial charge in [-0.25, -0.2) is 0 Å². The van der Waals surface area contributed by atoms with Crippen LogP contribution in [0.5, 0.6) is 0 Å². The van der Waals surface area contributed by atoms with Gasteiger partial charge in [0.1, 0.15) is 0 Å². The summed E-state index contributed by atoms with van der Waals surface area (Å²) in [6.07, 6.45) is 9.49. The zero-order valence-electron chi connectivity index (χ0n) is 46.7. The minimum atomic E-state index is -0.131. The van der Waals surface area contributed by atoms with Crippen LogP contribution in [0.3, 0.4) is 0 Å². The molecule has 76 heavy (non-hydrogen) atoms. The highest BCUT2D eigenvalue weighted by atomic mass is 15.3. The lowest BCUT2D eigenvalue weighted by Crippen LogP contribution is -2.62. The minimum Gasteiger partial charge on any atom is -0.334 e. The van der Waals surface area contributed by atoms with Gasteiger partial charge in [-0.2, -0.15) is 0 Å². The van der Waals surface area contributed by atoms with Gasteiger partial charge in [-0.3, -0.25) is 0 Å². The van der Waals surface area contributed by atoms with Gasteiger partial charge in [0.15, 0.2) is 0 Å². The van der Waals surface area contributed by atoms with E-state index in [1.807, 2.05) is 0 Å². The van der Waals surface area contributed by atoms with Crippen LogP contribution in [-0.4, -0.2) is 12.3 Å². The molecule has 6 aliphatic rings. The summed E-state index contributed by atoms with van der Waals surface area (Å²) in [5.41, 5.74) is 26.8. The Kier molecular flexibility index (Phi) is 10.3. The molecule has 0 saturated heterocycles. The SMILES string of the molecule is CC1(C)CCC(C)(C)c2cc(N3c4cc5c(cc4B4c6ccc(-c7ccccc7)cc6N(c6cccc(-c7ccccc7)c6)c6cc(N7c8ccccc8C8(C)CCCCC78C)cc3c64)C(C)(C)CCC5(C)C)ccc21. The van der Waals surface area contributed by atoms with Crippen molar-refractivity contribution >= 4 is 68.6 Å². The number of para-hydroxylation sites is 1. The Bertz CT molecular complexity index is 3680. The molecule has 0 N–H and O–H groups in total. The predicted octanol–water partition coefficient (Wildman–Crippen LogP) is 17.5. The van der Waals surface area contributed by atoms with Gasteiger partial charge < -0.3 is 14.7 Å². The first-order chi connectivity index (χ1) is 36.4. The third-order valence-corrected chi connectivity index (χ3v) is 20.7. The van der Waals surface area contributed by atoms with Crippen LogP contribution in [0.1, 0.15) is 148 Å². The molecule has 3 aliphatic carbocycles. The van der Waals surface area contributed by atoms with Crippen molar-refractivity contribution < 1.29 is 0 Å². The maximum absolute atomic E-state index is 2.83. The fourth-order valence-corrected chi connectivity index (χ4v) is 15.8. The monoisotopic (exact) mass is 992 g/mol. The summed E-state index contributed by atoms with van der Waals surface area (Å²) in [6.45, 7) is 25.1. The molecule has 14 rings (SSSR count). The lowest BCUT2D eigenvalue weighted by atomic mass is 9.33. The highest BCUT2D eigenvalue weighted by Crippen LogP contribution is 2.62. The fourth-order valence-electron chi connectivity index (χ4n) is 15.8. The largest absolute Gasteiger partial charge is 0.334 e. The maximum atomic E-state index is 2.83. The molecule has 1 saturated carbocycles. The first kappa shape index (κ1) is 47.7.